The molecule has 174 valence electrons. The number of halogens is 6. The van der Waals surface area contributed by atoms with Crippen LogP contribution >= 0.6 is 11.6 Å². The number of hydrogen-bond donors (Lipinski definition) is 1. The van der Waals surface area contributed by atoms with Crippen molar-refractivity contribution in [2.45, 2.75) is 19.4 Å². The lowest BCUT2D eigenvalue weighted by Crippen LogP contribution is -2.49. The summed E-state index contributed by atoms with van der Waals surface area (Å²) in [5, 5.41) is -0.429. The topological polar surface area (TPSA) is 84.9 Å². The van der Waals surface area contributed by atoms with Gasteiger partial charge in [-0.3, -0.25) is 4.79 Å². The number of carbonyl (C=O) groups is 1. The van der Waals surface area contributed by atoms with Crippen LogP contribution in [0.3, 0.4) is 0 Å². The fourth-order valence-electron chi connectivity index (χ4n) is 2.58. The van der Waals surface area contributed by atoms with Crippen molar-refractivity contribution in [1.29, 1.82) is 0 Å². The van der Waals surface area contributed by atoms with Crippen LogP contribution in [0.4, 0.5) is 22.0 Å². The van der Waals surface area contributed by atoms with Gasteiger partial charge in [0.05, 0.1) is 10.6 Å². The molecule has 0 atom stereocenters. The van der Waals surface area contributed by atoms with Crippen LogP contribution in [0.25, 0.3) is 0 Å². The molecule has 0 radical (unpaired) electrons. The number of hydrogen-bond acceptors (Lipinski definition) is 5. The van der Waals surface area contributed by atoms with E-state index >= 15 is 0 Å². The Morgan fingerprint density at radius 3 is 2.38 bits per heavy atom. The summed E-state index contributed by atoms with van der Waals surface area (Å²) >= 11 is 5.68. The molecule has 2 aromatic carbocycles. The Labute approximate surface area is 183 Å². The Kier molecular flexibility index (Phi) is 6.81. The maximum absolute atomic E-state index is 14.3. The van der Waals surface area contributed by atoms with Crippen LogP contribution in [-0.4, -0.2) is 38.1 Å². The van der Waals surface area contributed by atoms with E-state index in [9.17, 15) is 35.2 Å². The molecular weight excluding hydrogens is 487 g/mol. The van der Waals surface area contributed by atoms with E-state index in [1.54, 1.807) is 4.72 Å². The molecule has 0 saturated carbocycles. The summed E-state index contributed by atoms with van der Waals surface area (Å²) in [5.41, 5.74) is -1.16. The summed E-state index contributed by atoms with van der Waals surface area (Å²) in [5.74, 6) is -4.35. The van der Waals surface area contributed by atoms with Crippen LogP contribution in [0.2, 0.25) is 5.02 Å². The molecule has 0 aliphatic carbocycles. The molecule has 1 aliphatic heterocycles. The summed E-state index contributed by atoms with van der Waals surface area (Å²) in [7, 11) is -4.15. The van der Waals surface area contributed by atoms with E-state index in [1.807, 2.05) is 0 Å². The average Bonchev–Trinajstić information content (AvgIpc) is 2.60. The van der Waals surface area contributed by atoms with E-state index in [0.717, 1.165) is 22.5 Å². The van der Waals surface area contributed by atoms with Gasteiger partial charge in [0, 0.05) is 24.7 Å². The molecule has 32 heavy (non-hydrogen) atoms. The van der Waals surface area contributed by atoms with Gasteiger partial charge in [-0.15, -0.1) is 13.2 Å². The van der Waals surface area contributed by atoms with Gasteiger partial charge < -0.3 is 9.47 Å². The van der Waals surface area contributed by atoms with Crippen LogP contribution in [0.5, 0.6) is 11.5 Å². The van der Waals surface area contributed by atoms with Crippen molar-refractivity contribution in [1.82, 2.24) is 9.03 Å². The minimum absolute atomic E-state index is 0.0632. The first-order chi connectivity index (χ1) is 14.9. The normalized spacial score (nSPS) is 14.6. The first-order valence-corrected chi connectivity index (χ1v) is 10.7. The summed E-state index contributed by atoms with van der Waals surface area (Å²) in [6, 6.07) is 4.10. The molecule has 14 heteroatoms. The molecule has 0 spiro atoms. The summed E-state index contributed by atoms with van der Waals surface area (Å²) in [6.07, 6.45) is -4.33. The maximum atomic E-state index is 14.3. The first-order valence-electron chi connectivity index (χ1n) is 8.84. The number of carbonyl (C=O) groups excluding carboxylic acids is 1. The molecule has 3 rings (SSSR count). The lowest BCUT2D eigenvalue weighted by Gasteiger charge is -2.29. The molecular formula is C18H14ClF5N2O5S. The van der Waals surface area contributed by atoms with Crippen molar-refractivity contribution in [3.63, 3.8) is 0 Å². The van der Waals surface area contributed by atoms with E-state index in [-0.39, 0.29) is 24.4 Å². The molecule has 1 fully saturated rings. The van der Waals surface area contributed by atoms with E-state index < -0.39 is 57.1 Å². The van der Waals surface area contributed by atoms with Crippen LogP contribution < -0.4 is 14.2 Å². The van der Waals surface area contributed by atoms with E-state index in [1.165, 1.54) is 0 Å². The number of benzene rings is 2. The monoisotopic (exact) mass is 500 g/mol. The van der Waals surface area contributed by atoms with Crippen LogP contribution in [0, 0.1) is 11.6 Å². The molecule has 0 bridgehead atoms. The number of ether oxygens (including phenoxy) is 2. The predicted octanol–water partition coefficient (Wildman–Crippen LogP) is 3.78. The maximum Gasteiger partial charge on any atom is 0.573 e. The molecule has 1 amide bonds. The molecule has 0 unspecified atom stereocenters. The predicted molar refractivity (Wildman–Crippen MR) is 101 cm³/mol. The van der Waals surface area contributed by atoms with E-state index in [0.29, 0.717) is 18.6 Å². The van der Waals surface area contributed by atoms with Gasteiger partial charge in [0.1, 0.15) is 29.7 Å². The van der Waals surface area contributed by atoms with Crippen molar-refractivity contribution in [3.05, 3.63) is 58.1 Å². The lowest BCUT2D eigenvalue weighted by atomic mass is 10.1. The van der Waals surface area contributed by atoms with Crippen molar-refractivity contribution in [3.8, 4) is 11.5 Å². The summed E-state index contributed by atoms with van der Waals surface area (Å²) in [4.78, 5) is 12.1. The second-order valence-corrected chi connectivity index (χ2v) is 8.62. The van der Waals surface area contributed by atoms with E-state index in [2.05, 4.69) is 4.74 Å². The standard InChI is InChI=1S/C18H14ClF5N2O5S/c19-13-7-11(2-3-16(13)31-18(22,23)24)30-9-10-6-15(21)12(8-14(10)20)17(27)25-32(28,29)26-4-1-5-26/h2-3,6-8H,1,4-5,9H2,(H,25,27). The van der Waals surface area contributed by atoms with Gasteiger partial charge in [0.25, 0.3) is 5.91 Å². The second kappa shape index (κ2) is 9.08. The third kappa shape index (κ3) is 5.78. The van der Waals surface area contributed by atoms with Crippen LogP contribution in [0.1, 0.15) is 22.3 Å². The average molecular weight is 501 g/mol. The molecule has 0 aromatic heterocycles. The first kappa shape index (κ1) is 24.0. The third-order valence-corrected chi connectivity index (χ3v) is 6.06. The van der Waals surface area contributed by atoms with Crippen molar-refractivity contribution < 1.29 is 44.6 Å². The van der Waals surface area contributed by atoms with Crippen molar-refractivity contribution in [2.24, 2.45) is 0 Å². The third-order valence-electron chi connectivity index (χ3n) is 4.28. The Bertz CT molecular complexity index is 1140. The summed E-state index contributed by atoms with van der Waals surface area (Å²) in [6.45, 7) is -0.140. The second-order valence-electron chi connectivity index (χ2n) is 6.54. The zero-order valence-electron chi connectivity index (χ0n) is 15.9. The zero-order valence-corrected chi connectivity index (χ0v) is 17.5. The highest BCUT2D eigenvalue weighted by Gasteiger charge is 2.32. The van der Waals surface area contributed by atoms with Gasteiger partial charge in [-0.05, 0) is 30.7 Å². The minimum Gasteiger partial charge on any atom is -0.489 e. The fourth-order valence-corrected chi connectivity index (χ4v) is 4.00. The molecule has 1 saturated heterocycles. The largest absolute Gasteiger partial charge is 0.573 e. The lowest BCUT2D eigenvalue weighted by molar-refractivity contribution is -0.274. The molecule has 1 aliphatic rings. The number of rotatable bonds is 7. The number of amides is 1. The van der Waals surface area contributed by atoms with Gasteiger partial charge in [0.15, 0.2) is 0 Å². The van der Waals surface area contributed by atoms with Gasteiger partial charge >= 0.3 is 16.6 Å². The Hall–Kier alpha value is -2.64. The van der Waals surface area contributed by atoms with Gasteiger partial charge in [-0.25, -0.2) is 13.5 Å². The quantitative estimate of drug-likeness (QED) is 0.585. The highest BCUT2D eigenvalue weighted by atomic mass is 35.5. The summed E-state index contributed by atoms with van der Waals surface area (Å²) < 4.78 is 101. The zero-order chi connectivity index (χ0) is 23.7. The molecule has 1 heterocycles. The van der Waals surface area contributed by atoms with Crippen molar-refractivity contribution in [2.75, 3.05) is 13.1 Å². The fraction of sp³-hybridized carbons (Fsp3) is 0.278. The van der Waals surface area contributed by atoms with Gasteiger partial charge in [0.2, 0.25) is 0 Å². The number of nitrogens with one attached hydrogen (secondary N) is 1. The number of nitrogens with zero attached hydrogens (tertiary/aromatic N) is 1. The molecule has 2 aromatic rings. The van der Waals surface area contributed by atoms with Crippen LogP contribution in [0.15, 0.2) is 30.3 Å². The van der Waals surface area contributed by atoms with Crippen molar-refractivity contribution >= 4 is 27.7 Å². The Morgan fingerprint density at radius 1 is 1.12 bits per heavy atom. The SMILES string of the molecule is O=C(NS(=O)(=O)N1CCC1)c1cc(F)c(COc2ccc(OC(F)(F)F)c(Cl)c2)cc1F. The highest BCUT2D eigenvalue weighted by Crippen LogP contribution is 2.33. The molecule has 7 nitrogen and oxygen atoms in total. The van der Waals surface area contributed by atoms with Gasteiger partial charge in [-0.1, -0.05) is 11.6 Å². The number of alkyl halides is 3. The Balaban J connectivity index is 1.69. The minimum atomic E-state index is -4.95. The highest BCUT2D eigenvalue weighted by molar-refractivity contribution is 7.87. The van der Waals surface area contributed by atoms with E-state index in [4.69, 9.17) is 16.3 Å². The smallest absolute Gasteiger partial charge is 0.489 e. The Morgan fingerprint density at radius 2 is 1.81 bits per heavy atom. The van der Waals surface area contributed by atoms with Crippen LogP contribution in [-0.2, 0) is 16.8 Å². The van der Waals surface area contributed by atoms with Gasteiger partial charge in [-0.2, -0.15) is 12.7 Å². The molecule has 1 N–H and O–H groups in total.